The Balaban J connectivity index is 0.00000441. The highest BCUT2D eigenvalue weighted by atomic mass is 35.5. The molecule has 1 unspecified atom stereocenters. The van der Waals surface area contributed by atoms with Gasteiger partial charge < -0.3 is 15.4 Å². The zero-order valence-electron chi connectivity index (χ0n) is 14.2. The molecule has 1 rings (SSSR count). The van der Waals surface area contributed by atoms with Crippen molar-refractivity contribution < 1.29 is 9.53 Å². The smallest absolute Gasteiger partial charge is 0.260 e. The molecule has 0 aliphatic rings. The van der Waals surface area contributed by atoms with Crippen LogP contribution in [0.15, 0.2) is 24.3 Å². The second-order valence-electron chi connectivity index (χ2n) is 6.18. The van der Waals surface area contributed by atoms with Crippen LogP contribution in [0, 0.1) is 0 Å². The van der Waals surface area contributed by atoms with Gasteiger partial charge in [-0.05, 0) is 36.6 Å². The molecule has 1 amide bonds. The Bertz CT molecular complexity index is 458. The molecule has 1 aromatic rings. The van der Waals surface area contributed by atoms with E-state index in [9.17, 15) is 4.79 Å². The van der Waals surface area contributed by atoms with Crippen molar-refractivity contribution in [1.82, 2.24) is 10.6 Å². The van der Waals surface area contributed by atoms with Crippen molar-refractivity contribution in [3.8, 4) is 5.75 Å². The van der Waals surface area contributed by atoms with Crippen LogP contribution in [0.2, 0.25) is 0 Å². The number of carbonyl (C=O) groups excluding carboxylic acids is 1. The summed E-state index contributed by atoms with van der Waals surface area (Å²) in [7, 11) is 0. The zero-order chi connectivity index (χ0) is 15.9. The Morgan fingerprint density at radius 3 is 2.55 bits per heavy atom. The average Bonchev–Trinajstić information content (AvgIpc) is 2.42. The van der Waals surface area contributed by atoms with E-state index in [1.54, 1.807) is 6.92 Å². The summed E-state index contributed by atoms with van der Waals surface area (Å²) in [5, 5.41) is 6.02. The summed E-state index contributed by atoms with van der Waals surface area (Å²) in [5.41, 5.74) is 1.26. The third kappa shape index (κ3) is 7.14. The van der Waals surface area contributed by atoms with Crippen molar-refractivity contribution in [2.24, 2.45) is 0 Å². The summed E-state index contributed by atoms with van der Waals surface area (Å²) in [5.74, 6) is 0.644. The number of ether oxygens (including phenoxy) is 1. The molecule has 0 saturated heterocycles. The summed E-state index contributed by atoms with van der Waals surface area (Å²) >= 11 is 0. The fourth-order valence-corrected chi connectivity index (χ4v) is 1.89. The molecule has 1 aromatic carbocycles. The maximum atomic E-state index is 11.9. The molecule has 0 aliphatic heterocycles. The van der Waals surface area contributed by atoms with Crippen molar-refractivity contribution in [2.45, 2.75) is 46.1 Å². The van der Waals surface area contributed by atoms with E-state index in [1.165, 1.54) is 5.56 Å². The number of nitrogens with one attached hydrogen (secondary N) is 2. The van der Waals surface area contributed by atoms with Gasteiger partial charge in [-0.2, -0.15) is 0 Å². The first-order chi connectivity index (χ1) is 9.84. The molecule has 1 atom stereocenters. The molecule has 0 aromatic heterocycles. The van der Waals surface area contributed by atoms with E-state index in [-0.39, 0.29) is 23.7 Å². The monoisotopic (exact) mass is 328 g/mol. The van der Waals surface area contributed by atoms with Gasteiger partial charge in [0.15, 0.2) is 6.10 Å². The molecule has 22 heavy (non-hydrogen) atoms. The van der Waals surface area contributed by atoms with Crippen molar-refractivity contribution in [2.75, 3.05) is 19.6 Å². The third-order valence-electron chi connectivity index (χ3n) is 3.23. The molecule has 0 heterocycles. The van der Waals surface area contributed by atoms with Gasteiger partial charge in [0.2, 0.25) is 0 Å². The lowest BCUT2D eigenvalue weighted by Gasteiger charge is -2.21. The van der Waals surface area contributed by atoms with Gasteiger partial charge in [0.05, 0.1) is 0 Å². The van der Waals surface area contributed by atoms with Crippen molar-refractivity contribution in [1.29, 1.82) is 0 Å². The van der Waals surface area contributed by atoms with Crippen LogP contribution in [0.5, 0.6) is 5.75 Å². The minimum Gasteiger partial charge on any atom is -0.481 e. The lowest BCUT2D eigenvalue weighted by Crippen LogP contribution is -2.39. The van der Waals surface area contributed by atoms with Crippen LogP contribution in [0.25, 0.3) is 0 Å². The van der Waals surface area contributed by atoms with Crippen molar-refractivity contribution >= 4 is 18.3 Å². The molecule has 0 spiro atoms. The zero-order valence-corrected chi connectivity index (χ0v) is 15.0. The second kappa shape index (κ2) is 9.70. The third-order valence-corrected chi connectivity index (χ3v) is 3.23. The Labute approximate surface area is 140 Å². The van der Waals surface area contributed by atoms with Crippen molar-refractivity contribution in [3.63, 3.8) is 0 Å². The van der Waals surface area contributed by atoms with Gasteiger partial charge in [-0.3, -0.25) is 4.79 Å². The van der Waals surface area contributed by atoms with Crippen LogP contribution in [0.3, 0.4) is 0 Å². The molecule has 5 heteroatoms. The fourth-order valence-electron chi connectivity index (χ4n) is 1.89. The summed E-state index contributed by atoms with van der Waals surface area (Å²) in [6, 6.07) is 7.93. The fraction of sp³-hybridized carbons (Fsp3) is 0.588. The van der Waals surface area contributed by atoms with Gasteiger partial charge >= 0.3 is 0 Å². The Hall–Kier alpha value is -1.26. The van der Waals surface area contributed by atoms with Gasteiger partial charge in [0, 0.05) is 13.1 Å². The van der Waals surface area contributed by atoms with E-state index in [2.05, 4.69) is 37.5 Å². The number of carbonyl (C=O) groups is 1. The molecular formula is C17H29ClN2O2. The molecule has 4 nitrogen and oxygen atoms in total. The highest BCUT2D eigenvalue weighted by molar-refractivity contribution is 5.85. The lowest BCUT2D eigenvalue weighted by molar-refractivity contribution is -0.127. The van der Waals surface area contributed by atoms with Crippen LogP contribution < -0.4 is 15.4 Å². The predicted octanol–water partition coefficient (Wildman–Crippen LogP) is 2.90. The molecular weight excluding hydrogens is 300 g/mol. The Morgan fingerprint density at radius 1 is 1.27 bits per heavy atom. The van der Waals surface area contributed by atoms with Crippen molar-refractivity contribution in [3.05, 3.63) is 29.8 Å². The first-order valence-electron chi connectivity index (χ1n) is 7.60. The van der Waals surface area contributed by atoms with Gasteiger partial charge in [0.25, 0.3) is 5.91 Å². The number of hydrogen-bond acceptors (Lipinski definition) is 3. The molecule has 126 valence electrons. The van der Waals surface area contributed by atoms with Crippen LogP contribution in [-0.2, 0) is 10.2 Å². The summed E-state index contributed by atoms with van der Waals surface area (Å²) < 4.78 is 5.74. The Morgan fingerprint density at radius 2 is 1.95 bits per heavy atom. The van der Waals surface area contributed by atoms with Crippen LogP contribution >= 0.6 is 12.4 Å². The first-order valence-corrected chi connectivity index (χ1v) is 7.60. The van der Waals surface area contributed by atoms with Gasteiger partial charge in [-0.1, -0.05) is 39.8 Å². The highest BCUT2D eigenvalue weighted by Gasteiger charge is 2.17. The minimum absolute atomic E-state index is 0. The number of hydrogen-bond donors (Lipinski definition) is 2. The number of halogens is 1. The normalized spacial score (nSPS) is 12.2. The molecule has 0 saturated carbocycles. The maximum absolute atomic E-state index is 11.9. The van der Waals surface area contributed by atoms with Crippen LogP contribution in [0.1, 0.15) is 40.2 Å². The first kappa shape index (κ1) is 20.7. The molecule has 0 radical (unpaired) electrons. The Kier molecular flexibility index (Phi) is 9.14. The van der Waals surface area contributed by atoms with E-state index < -0.39 is 6.10 Å². The van der Waals surface area contributed by atoms with E-state index in [1.807, 2.05) is 25.1 Å². The standard InChI is InChI=1S/C17H28N2O2.ClH/c1-6-18-10-11-19-16(20)13(2)21-15-9-7-8-14(12-15)17(3,4)5;/h7-9,12-13,18H,6,10-11H2,1-5H3,(H,19,20);1H. The highest BCUT2D eigenvalue weighted by Crippen LogP contribution is 2.26. The topological polar surface area (TPSA) is 50.4 Å². The maximum Gasteiger partial charge on any atom is 0.260 e. The molecule has 0 fully saturated rings. The molecule has 0 aliphatic carbocycles. The summed E-state index contributed by atoms with van der Waals surface area (Å²) in [4.78, 5) is 11.9. The number of amides is 1. The predicted molar refractivity (Wildman–Crippen MR) is 94.0 cm³/mol. The number of likely N-dealkylation sites (N-methyl/N-ethyl adjacent to an activating group) is 1. The molecule has 2 N–H and O–H groups in total. The molecule has 0 bridgehead atoms. The lowest BCUT2D eigenvalue weighted by atomic mass is 9.87. The minimum atomic E-state index is -0.498. The van der Waals surface area contributed by atoms with Crippen LogP contribution in [-0.4, -0.2) is 31.6 Å². The van der Waals surface area contributed by atoms with E-state index in [0.29, 0.717) is 6.54 Å². The summed E-state index contributed by atoms with van der Waals surface area (Å²) in [6.45, 7) is 12.6. The van der Waals surface area contributed by atoms with Gasteiger partial charge in [-0.15, -0.1) is 12.4 Å². The number of rotatable bonds is 7. The largest absolute Gasteiger partial charge is 0.481 e. The number of benzene rings is 1. The van der Waals surface area contributed by atoms with E-state index in [4.69, 9.17) is 4.74 Å². The van der Waals surface area contributed by atoms with E-state index >= 15 is 0 Å². The second-order valence-corrected chi connectivity index (χ2v) is 6.18. The average molecular weight is 329 g/mol. The van der Waals surface area contributed by atoms with Crippen LogP contribution in [0.4, 0.5) is 0 Å². The SMILES string of the molecule is CCNCCNC(=O)C(C)Oc1cccc(C(C)(C)C)c1.Cl. The van der Waals surface area contributed by atoms with Gasteiger partial charge in [0.1, 0.15) is 5.75 Å². The van der Waals surface area contributed by atoms with E-state index in [0.717, 1.165) is 18.8 Å². The summed E-state index contributed by atoms with van der Waals surface area (Å²) in [6.07, 6.45) is -0.498. The quantitative estimate of drug-likeness (QED) is 0.757. The van der Waals surface area contributed by atoms with Gasteiger partial charge in [-0.25, -0.2) is 0 Å².